The van der Waals surface area contributed by atoms with Crippen LogP contribution in [0.2, 0.25) is 0 Å². The van der Waals surface area contributed by atoms with Gasteiger partial charge in [-0.25, -0.2) is 4.98 Å². The standard InChI is InChI=1S/C58H48N6O.Pt/c1-5-17-42(18-6-1)49-24-16-25-50(43-19-7-2-8-20-43)58(49)63-41-62(54-30-27-44(38-56(54)63)60-33-11-3-12-34-60)46-21-15-22-47(37-46)65-48-28-29-52-51-23-9-10-26-53(51)64(55(52)40-48)57-39-45(31-32-59-57)61-35-13-4-14-36-61;/h1-2,5-10,15-32,38-39H,3-4,11-14,33-36H2;/q-2;/i1D,2D,5D,6D,7D,8D,17D,18D,19D,20D;. The van der Waals surface area contributed by atoms with Gasteiger partial charge < -0.3 is 23.7 Å². The Hall–Kier alpha value is -6.95. The molecular weight excluding hydrogens is 992 g/mol. The van der Waals surface area contributed by atoms with E-state index in [1.54, 1.807) is 33.4 Å². The van der Waals surface area contributed by atoms with E-state index in [9.17, 15) is 0 Å². The van der Waals surface area contributed by atoms with Crippen molar-refractivity contribution < 1.29 is 44.1 Å². The van der Waals surface area contributed by atoms with Crippen molar-refractivity contribution >= 4 is 44.2 Å². The van der Waals surface area contributed by atoms with Crippen molar-refractivity contribution in [2.24, 2.45) is 0 Å². The summed E-state index contributed by atoms with van der Waals surface area (Å²) in [5.74, 6) is 1.61. The second-order valence-corrected chi connectivity index (χ2v) is 16.6. The van der Waals surface area contributed by atoms with E-state index in [4.69, 9.17) is 23.4 Å². The van der Waals surface area contributed by atoms with Crippen molar-refractivity contribution in [3.8, 4) is 50.9 Å². The molecule has 2 aliphatic rings. The van der Waals surface area contributed by atoms with Crippen LogP contribution in [0.25, 0.3) is 72.3 Å². The number of rotatable bonds is 9. The summed E-state index contributed by atoms with van der Waals surface area (Å²) in [5, 5.41) is 2.05. The average molecular weight is 1050 g/mol. The largest absolute Gasteiger partial charge is 0.510 e. The average Bonchev–Trinajstić information content (AvgIpc) is 4.08. The molecule has 5 heterocycles. The molecule has 0 saturated carbocycles. The number of anilines is 2. The number of fused-ring (bicyclic) bond motifs is 4. The molecule has 328 valence electrons. The summed E-state index contributed by atoms with van der Waals surface area (Å²) in [6, 6.07) is 34.6. The van der Waals surface area contributed by atoms with E-state index in [1.165, 1.54) is 6.42 Å². The Morgan fingerprint density at radius 3 is 1.94 bits per heavy atom. The topological polar surface area (TPSA) is 42.3 Å². The molecule has 7 aromatic carbocycles. The third-order valence-corrected chi connectivity index (χ3v) is 12.6. The van der Waals surface area contributed by atoms with Crippen LogP contribution in [0.1, 0.15) is 52.2 Å². The smallest absolute Gasteiger partial charge is 0.268 e. The van der Waals surface area contributed by atoms with Gasteiger partial charge in [0, 0.05) is 87.9 Å². The molecule has 66 heavy (non-hydrogen) atoms. The molecule has 12 rings (SSSR count). The summed E-state index contributed by atoms with van der Waals surface area (Å²) in [6.45, 7) is 3.68. The van der Waals surface area contributed by atoms with Gasteiger partial charge in [0.15, 0.2) is 0 Å². The van der Waals surface area contributed by atoms with Crippen LogP contribution in [0.5, 0.6) is 11.5 Å². The van der Waals surface area contributed by atoms with Crippen molar-refractivity contribution in [1.82, 2.24) is 14.1 Å². The number of ether oxygens (including phenoxy) is 1. The van der Waals surface area contributed by atoms with Crippen LogP contribution < -0.4 is 19.1 Å². The Balaban J connectivity index is 0.00000616. The Labute approximate surface area is 414 Å². The van der Waals surface area contributed by atoms with Crippen molar-refractivity contribution in [2.75, 3.05) is 36.0 Å². The quantitative estimate of drug-likeness (QED) is 0.107. The van der Waals surface area contributed by atoms with Gasteiger partial charge in [-0.3, -0.25) is 4.57 Å². The summed E-state index contributed by atoms with van der Waals surface area (Å²) >= 11 is 0. The van der Waals surface area contributed by atoms with Gasteiger partial charge in [-0.1, -0.05) is 108 Å². The van der Waals surface area contributed by atoms with Crippen LogP contribution in [0.3, 0.4) is 0 Å². The molecule has 7 nitrogen and oxygen atoms in total. The fraction of sp³-hybridized carbons (Fsp3) is 0.172. The molecule has 0 aliphatic carbocycles. The first-order valence-corrected chi connectivity index (χ1v) is 22.3. The first-order chi connectivity index (χ1) is 36.4. The van der Waals surface area contributed by atoms with Gasteiger partial charge in [0.2, 0.25) is 0 Å². The van der Waals surface area contributed by atoms with Crippen molar-refractivity contribution in [3.63, 3.8) is 0 Å². The van der Waals surface area contributed by atoms with E-state index in [1.807, 2.05) is 60.8 Å². The van der Waals surface area contributed by atoms with E-state index in [-0.39, 0.29) is 49.0 Å². The molecule has 0 atom stereocenters. The number of hydrogen-bond acceptors (Lipinski definition) is 4. The molecule has 0 N–H and O–H groups in total. The minimum absolute atomic E-state index is 0. The normalized spacial score (nSPS) is 16.3. The maximum absolute atomic E-state index is 9.16. The molecule has 10 aromatic rings. The molecular formula is C58H48N6OPt-2. The number of imidazole rings is 1. The van der Waals surface area contributed by atoms with E-state index < -0.39 is 60.4 Å². The Morgan fingerprint density at radius 2 is 1.23 bits per heavy atom. The van der Waals surface area contributed by atoms with E-state index in [0.717, 1.165) is 97.3 Å². The molecule has 0 spiro atoms. The van der Waals surface area contributed by atoms with Crippen molar-refractivity contribution in [1.29, 1.82) is 0 Å². The van der Waals surface area contributed by atoms with Crippen LogP contribution in [0, 0.1) is 18.5 Å². The number of aromatic nitrogens is 4. The molecule has 3 aromatic heterocycles. The monoisotopic (exact) mass is 1050 g/mol. The zero-order chi connectivity index (χ0) is 51.8. The second kappa shape index (κ2) is 18.1. The SMILES string of the molecule is [2H]c1c([2H])c([2H])c(-c2cccc(-c3c([2H])c([2H])c([2H])c([2H])c3[2H])c2-[n+]2[c-]n(-c3[c-]c(Oc4[c-]c5c(cc4)c4ccccc4n5-c4cc(N5CCCCC5)ccn4)ccc3)c3ccc(N4CCCCC4)cc32)c([2H])c1[2H].[Pt]. The first-order valence-electron chi connectivity index (χ1n) is 27.3. The van der Waals surface area contributed by atoms with Crippen molar-refractivity contribution in [3.05, 3.63) is 188 Å². The Morgan fingerprint density at radius 1 is 0.576 bits per heavy atom. The minimum Gasteiger partial charge on any atom is -0.510 e. The number of hydrogen-bond donors (Lipinski definition) is 0. The fourth-order valence-corrected chi connectivity index (χ4v) is 9.54. The number of para-hydroxylation sites is 2. The van der Waals surface area contributed by atoms with Gasteiger partial charge in [0.1, 0.15) is 5.82 Å². The second-order valence-electron chi connectivity index (χ2n) is 16.6. The van der Waals surface area contributed by atoms with Crippen LogP contribution in [-0.4, -0.2) is 40.3 Å². The summed E-state index contributed by atoms with van der Waals surface area (Å²) in [4.78, 5) is 9.60. The number of benzene rings is 7. The molecule has 0 radical (unpaired) electrons. The zero-order valence-electron chi connectivity index (χ0n) is 45.9. The van der Waals surface area contributed by atoms with E-state index in [2.05, 4.69) is 57.1 Å². The minimum atomic E-state index is -0.563. The summed E-state index contributed by atoms with van der Waals surface area (Å²) in [5.41, 5.74) is 5.85. The maximum atomic E-state index is 9.16. The van der Waals surface area contributed by atoms with E-state index >= 15 is 0 Å². The summed E-state index contributed by atoms with van der Waals surface area (Å²) in [7, 11) is 0. The molecule has 2 saturated heterocycles. The van der Waals surface area contributed by atoms with Gasteiger partial charge >= 0.3 is 0 Å². The predicted molar refractivity (Wildman–Crippen MR) is 263 cm³/mol. The summed E-state index contributed by atoms with van der Waals surface area (Å²) in [6.07, 6.45) is 12.1. The molecule has 2 fully saturated rings. The number of piperidine rings is 2. The van der Waals surface area contributed by atoms with Crippen LogP contribution >= 0.6 is 0 Å². The fourth-order valence-electron chi connectivity index (χ4n) is 9.54. The third kappa shape index (κ3) is 7.75. The molecule has 0 amide bonds. The molecule has 0 bridgehead atoms. The van der Waals surface area contributed by atoms with Gasteiger partial charge in [-0.2, -0.15) is 18.2 Å². The molecule has 8 heteroatoms. The summed E-state index contributed by atoms with van der Waals surface area (Å²) < 4.78 is 101. The van der Waals surface area contributed by atoms with Gasteiger partial charge in [0.05, 0.1) is 30.4 Å². The predicted octanol–water partition coefficient (Wildman–Crippen LogP) is 12.9. The Bertz CT molecular complexity index is 3800. The van der Waals surface area contributed by atoms with Gasteiger partial charge in [0.25, 0.3) is 6.33 Å². The first kappa shape index (κ1) is 31.8. The Kier molecular flexibility index (Phi) is 8.75. The number of nitrogens with zero attached hydrogens (tertiary/aromatic N) is 6. The van der Waals surface area contributed by atoms with Crippen LogP contribution in [0.15, 0.2) is 170 Å². The van der Waals surface area contributed by atoms with E-state index in [0.29, 0.717) is 28.2 Å². The third-order valence-electron chi connectivity index (χ3n) is 12.6. The maximum Gasteiger partial charge on any atom is 0.268 e. The van der Waals surface area contributed by atoms with Gasteiger partial charge in [-0.15, -0.1) is 29.7 Å². The molecule has 2 aliphatic heterocycles. The molecule has 0 unspecified atom stereocenters. The van der Waals surface area contributed by atoms with Gasteiger partial charge in [-0.05, 0) is 96.1 Å². The van der Waals surface area contributed by atoms with Crippen LogP contribution in [-0.2, 0) is 21.1 Å². The zero-order valence-corrected chi connectivity index (χ0v) is 38.1. The van der Waals surface area contributed by atoms with Crippen molar-refractivity contribution in [2.45, 2.75) is 38.5 Å². The van der Waals surface area contributed by atoms with Crippen LogP contribution in [0.4, 0.5) is 11.4 Å². The number of pyridine rings is 1.